The summed E-state index contributed by atoms with van der Waals surface area (Å²) in [6.45, 7) is 4.77. The molecule has 1 atom stereocenters. The Hall–Kier alpha value is -0.650. The Kier molecular flexibility index (Phi) is 5.56. The number of piperidine rings is 1. The number of hydrogen-bond acceptors (Lipinski definition) is 5. The van der Waals surface area contributed by atoms with Gasteiger partial charge in [-0.3, -0.25) is 4.79 Å². The van der Waals surface area contributed by atoms with Crippen LogP contribution in [0.4, 0.5) is 0 Å². The van der Waals surface area contributed by atoms with Crippen molar-refractivity contribution in [1.82, 2.24) is 9.80 Å². The monoisotopic (exact) mass is 257 g/mol. The van der Waals surface area contributed by atoms with E-state index in [1.54, 1.807) is 6.92 Å². The summed E-state index contributed by atoms with van der Waals surface area (Å²) in [6.07, 6.45) is 3.02. The highest BCUT2D eigenvalue weighted by Crippen LogP contribution is 2.16. The van der Waals surface area contributed by atoms with Gasteiger partial charge in [0.1, 0.15) is 5.54 Å². The number of esters is 1. The van der Waals surface area contributed by atoms with Gasteiger partial charge in [-0.15, -0.1) is 0 Å². The van der Waals surface area contributed by atoms with Crippen LogP contribution in [0.25, 0.3) is 0 Å². The average Bonchev–Trinajstić information content (AvgIpc) is 2.35. The molecule has 0 aliphatic carbocycles. The third kappa shape index (κ3) is 4.23. The molecule has 0 radical (unpaired) electrons. The van der Waals surface area contributed by atoms with Crippen LogP contribution in [0.3, 0.4) is 0 Å². The highest BCUT2D eigenvalue weighted by Gasteiger charge is 2.30. The topological polar surface area (TPSA) is 58.8 Å². The number of nitrogens with zero attached hydrogens (tertiary/aromatic N) is 2. The molecule has 1 heterocycles. The number of carbonyl (C=O) groups excluding carboxylic acids is 1. The molecule has 0 aromatic carbocycles. The van der Waals surface area contributed by atoms with Gasteiger partial charge in [-0.25, -0.2) is 0 Å². The van der Waals surface area contributed by atoms with Crippen molar-refractivity contribution in [3.63, 3.8) is 0 Å². The van der Waals surface area contributed by atoms with E-state index in [9.17, 15) is 4.79 Å². The Balaban J connectivity index is 2.32. The molecule has 0 bridgehead atoms. The Bertz CT molecular complexity index is 271. The van der Waals surface area contributed by atoms with E-state index in [1.807, 2.05) is 0 Å². The first-order chi connectivity index (χ1) is 8.36. The van der Waals surface area contributed by atoms with Gasteiger partial charge >= 0.3 is 5.97 Å². The fourth-order valence-electron chi connectivity index (χ4n) is 2.38. The van der Waals surface area contributed by atoms with Crippen molar-refractivity contribution in [2.24, 2.45) is 5.73 Å². The van der Waals surface area contributed by atoms with Gasteiger partial charge in [0.25, 0.3) is 0 Å². The van der Waals surface area contributed by atoms with Crippen LogP contribution < -0.4 is 5.73 Å². The summed E-state index contributed by atoms with van der Waals surface area (Å²) in [4.78, 5) is 16.1. The zero-order valence-electron chi connectivity index (χ0n) is 12.1. The number of likely N-dealkylation sites (tertiary alicyclic amines) is 1. The summed E-state index contributed by atoms with van der Waals surface area (Å²) < 4.78 is 4.71. The van der Waals surface area contributed by atoms with E-state index in [-0.39, 0.29) is 5.97 Å². The quantitative estimate of drug-likeness (QED) is 0.718. The van der Waals surface area contributed by atoms with E-state index >= 15 is 0 Å². The lowest BCUT2D eigenvalue weighted by Crippen LogP contribution is -2.49. The van der Waals surface area contributed by atoms with E-state index in [0.29, 0.717) is 12.5 Å². The van der Waals surface area contributed by atoms with Gasteiger partial charge in [-0.1, -0.05) is 0 Å². The molecule has 1 rings (SSSR count). The molecule has 1 aliphatic heterocycles. The summed E-state index contributed by atoms with van der Waals surface area (Å²) >= 11 is 0. The molecule has 5 nitrogen and oxygen atoms in total. The van der Waals surface area contributed by atoms with E-state index in [2.05, 4.69) is 23.9 Å². The lowest BCUT2D eigenvalue weighted by molar-refractivity contribution is -0.146. The first kappa shape index (κ1) is 15.4. The fourth-order valence-corrected chi connectivity index (χ4v) is 2.38. The van der Waals surface area contributed by atoms with Gasteiger partial charge in [-0.05, 0) is 53.4 Å². The normalized spacial score (nSPS) is 21.9. The second kappa shape index (κ2) is 6.50. The molecule has 2 N–H and O–H groups in total. The smallest absolute Gasteiger partial charge is 0.325 e. The molecular formula is C13H27N3O2. The molecule has 0 amide bonds. The molecule has 1 fully saturated rings. The van der Waals surface area contributed by atoms with Crippen molar-refractivity contribution in [3.05, 3.63) is 0 Å². The maximum Gasteiger partial charge on any atom is 0.325 e. The highest BCUT2D eigenvalue weighted by atomic mass is 16.5. The van der Waals surface area contributed by atoms with Gasteiger partial charge in [-0.2, -0.15) is 0 Å². The molecule has 18 heavy (non-hydrogen) atoms. The maximum atomic E-state index is 11.5. The Labute approximate surface area is 110 Å². The molecule has 106 valence electrons. The summed E-state index contributed by atoms with van der Waals surface area (Å²) in [5.41, 5.74) is 5.09. The van der Waals surface area contributed by atoms with Crippen molar-refractivity contribution >= 4 is 5.97 Å². The first-order valence-corrected chi connectivity index (χ1v) is 6.63. The van der Waals surface area contributed by atoms with Crippen molar-refractivity contribution in [2.75, 3.05) is 40.8 Å². The van der Waals surface area contributed by atoms with Crippen LogP contribution in [0, 0.1) is 0 Å². The van der Waals surface area contributed by atoms with Crippen LogP contribution in [-0.2, 0) is 9.53 Å². The average molecular weight is 257 g/mol. The predicted molar refractivity (Wildman–Crippen MR) is 72.4 cm³/mol. The van der Waals surface area contributed by atoms with E-state index in [1.165, 1.54) is 20.0 Å². The van der Waals surface area contributed by atoms with Crippen LogP contribution in [0.15, 0.2) is 0 Å². The number of hydrogen-bond donors (Lipinski definition) is 1. The van der Waals surface area contributed by atoms with Gasteiger partial charge in [0.05, 0.1) is 7.11 Å². The van der Waals surface area contributed by atoms with Gasteiger partial charge in [0, 0.05) is 12.6 Å². The van der Waals surface area contributed by atoms with E-state index in [0.717, 1.165) is 19.6 Å². The molecular weight excluding hydrogens is 230 g/mol. The minimum Gasteiger partial charge on any atom is -0.468 e. The SMILES string of the molecule is COC(=O)C(C)(N)CCN1CCC(N(C)C)CC1. The molecule has 0 spiro atoms. The van der Waals surface area contributed by atoms with Crippen molar-refractivity contribution in [1.29, 1.82) is 0 Å². The zero-order chi connectivity index (χ0) is 13.8. The maximum absolute atomic E-state index is 11.5. The molecule has 5 heteroatoms. The lowest BCUT2D eigenvalue weighted by atomic mass is 9.97. The summed E-state index contributed by atoms with van der Waals surface area (Å²) in [5.74, 6) is -0.328. The molecule has 1 aliphatic rings. The molecule has 1 saturated heterocycles. The number of ether oxygens (including phenoxy) is 1. The van der Waals surface area contributed by atoms with Gasteiger partial charge in [0.2, 0.25) is 0 Å². The largest absolute Gasteiger partial charge is 0.468 e. The van der Waals surface area contributed by atoms with Crippen molar-refractivity contribution in [3.8, 4) is 0 Å². The third-order valence-electron chi connectivity index (χ3n) is 3.89. The second-order valence-electron chi connectivity index (χ2n) is 5.70. The van der Waals surface area contributed by atoms with Crippen molar-refractivity contribution < 1.29 is 9.53 Å². The number of methoxy groups -OCH3 is 1. The van der Waals surface area contributed by atoms with E-state index in [4.69, 9.17) is 10.5 Å². The minimum atomic E-state index is -0.868. The third-order valence-corrected chi connectivity index (χ3v) is 3.89. The van der Waals surface area contributed by atoms with Gasteiger partial charge in [0.15, 0.2) is 0 Å². The Morgan fingerprint density at radius 3 is 2.44 bits per heavy atom. The Morgan fingerprint density at radius 1 is 1.44 bits per heavy atom. The second-order valence-corrected chi connectivity index (χ2v) is 5.70. The zero-order valence-corrected chi connectivity index (χ0v) is 12.1. The fraction of sp³-hybridized carbons (Fsp3) is 0.923. The first-order valence-electron chi connectivity index (χ1n) is 6.63. The molecule has 0 saturated carbocycles. The van der Waals surface area contributed by atoms with Crippen LogP contribution in [0.1, 0.15) is 26.2 Å². The summed E-state index contributed by atoms with van der Waals surface area (Å²) in [5, 5.41) is 0. The van der Waals surface area contributed by atoms with Crippen LogP contribution in [-0.4, -0.2) is 68.2 Å². The van der Waals surface area contributed by atoms with E-state index < -0.39 is 5.54 Å². The predicted octanol–water partition coefficient (Wildman–Crippen LogP) is 0.293. The van der Waals surface area contributed by atoms with Crippen LogP contribution in [0.2, 0.25) is 0 Å². The summed E-state index contributed by atoms with van der Waals surface area (Å²) in [7, 11) is 5.65. The number of carbonyl (C=O) groups is 1. The number of rotatable bonds is 5. The molecule has 1 unspecified atom stereocenters. The number of nitrogens with two attached hydrogens (primary N) is 1. The molecule has 0 aromatic heterocycles. The van der Waals surface area contributed by atoms with Crippen LogP contribution in [0.5, 0.6) is 0 Å². The van der Waals surface area contributed by atoms with Crippen molar-refractivity contribution in [2.45, 2.75) is 37.8 Å². The highest BCUT2D eigenvalue weighted by molar-refractivity contribution is 5.79. The lowest BCUT2D eigenvalue weighted by Gasteiger charge is -2.36. The standard InChI is InChI=1S/C13H27N3O2/c1-13(14,12(17)18-4)7-10-16-8-5-11(6-9-16)15(2)3/h11H,5-10,14H2,1-4H3. The van der Waals surface area contributed by atoms with Gasteiger partial charge < -0.3 is 20.3 Å². The minimum absolute atomic E-state index is 0.328. The van der Waals surface area contributed by atoms with Crippen LogP contribution >= 0.6 is 0 Å². The summed E-state index contributed by atoms with van der Waals surface area (Å²) in [6, 6.07) is 0.686. The Morgan fingerprint density at radius 2 is 2.00 bits per heavy atom. The molecule has 0 aromatic rings.